The van der Waals surface area contributed by atoms with Gasteiger partial charge in [-0.1, -0.05) is 12.1 Å². The molecule has 5 nitrogen and oxygen atoms in total. The molecule has 6 heteroatoms. The lowest BCUT2D eigenvalue weighted by Gasteiger charge is -2.07. The quantitative estimate of drug-likeness (QED) is 0.742. The number of halogens is 1. The summed E-state index contributed by atoms with van der Waals surface area (Å²) in [6, 6.07) is 7.14. The molecular formula is C13H17BrN2O3. The van der Waals surface area contributed by atoms with Crippen LogP contribution in [0.4, 0.5) is 0 Å². The Bertz CT molecular complexity index is 438. The Morgan fingerprint density at radius 1 is 1.21 bits per heavy atom. The van der Waals surface area contributed by atoms with Crippen LogP contribution in [-0.4, -0.2) is 38.6 Å². The van der Waals surface area contributed by atoms with Crippen LogP contribution in [0.25, 0.3) is 0 Å². The van der Waals surface area contributed by atoms with Gasteiger partial charge in [0.2, 0.25) is 5.91 Å². The molecule has 0 saturated carbocycles. The minimum atomic E-state index is -0.197. The first kappa shape index (κ1) is 15.7. The molecule has 0 aliphatic heterocycles. The number of nitrogens with one attached hydrogen (secondary N) is 2. The van der Waals surface area contributed by atoms with Crippen molar-refractivity contribution in [2.45, 2.75) is 6.42 Å². The highest BCUT2D eigenvalue weighted by Crippen LogP contribution is 2.15. The van der Waals surface area contributed by atoms with Gasteiger partial charge in [-0.3, -0.25) is 9.59 Å². The second-order valence-corrected chi connectivity index (χ2v) is 4.68. The van der Waals surface area contributed by atoms with E-state index < -0.39 is 0 Å². The lowest BCUT2D eigenvalue weighted by atomic mass is 10.2. The molecule has 0 radical (unpaired) electrons. The van der Waals surface area contributed by atoms with Crippen molar-refractivity contribution in [2.75, 3.05) is 26.8 Å². The van der Waals surface area contributed by atoms with Crippen LogP contribution in [-0.2, 0) is 9.53 Å². The molecule has 0 bridgehead atoms. The average Bonchev–Trinajstić information content (AvgIpc) is 2.39. The van der Waals surface area contributed by atoms with E-state index in [1.165, 1.54) is 0 Å². The smallest absolute Gasteiger partial charge is 0.252 e. The van der Waals surface area contributed by atoms with Crippen LogP contribution in [0.2, 0.25) is 0 Å². The maximum absolute atomic E-state index is 11.8. The number of methoxy groups -OCH3 is 1. The molecule has 2 N–H and O–H groups in total. The third-order valence-corrected chi connectivity index (χ3v) is 3.08. The lowest BCUT2D eigenvalue weighted by molar-refractivity contribution is -0.121. The first-order chi connectivity index (χ1) is 9.15. The third kappa shape index (κ3) is 5.85. The summed E-state index contributed by atoms with van der Waals surface area (Å²) in [6.45, 7) is 1.27. The van der Waals surface area contributed by atoms with Gasteiger partial charge in [0.05, 0.1) is 12.2 Å². The number of carbonyl (C=O) groups excluding carboxylic acids is 2. The highest BCUT2D eigenvalue weighted by atomic mass is 79.9. The molecule has 1 aromatic carbocycles. The number of benzene rings is 1. The fourth-order valence-corrected chi connectivity index (χ4v) is 1.88. The maximum atomic E-state index is 11.8. The fourth-order valence-electron chi connectivity index (χ4n) is 1.41. The molecule has 0 spiro atoms. The van der Waals surface area contributed by atoms with E-state index in [4.69, 9.17) is 4.74 Å². The Morgan fingerprint density at radius 2 is 1.95 bits per heavy atom. The summed E-state index contributed by atoms with van der Waals surface area (Å²) in [7, 11) is 1.57. The highest BCUT2D eigenvalue weighted by Gasteiger charge is 2.09. The Kier molecular flexibility index (Phi) is 7.14. The summed E-state index contributed by atoms with van der Waals surface area (Å²) < 4.78 is 5.55. The van der Waals surface area contributed by atoms with Crippen molar-refractivity contribution in [1.29, 1.82) is 0 Å². The SMILES string of the molecule is COCCNC(=O)CCNC(=O)c1ccccc1Br. The fraction of sp³-hybridized carbons (Fsp3) is 0.385. The van der Waals surface area contributed by atoms with Crippen LogP contribution in [0.1, 0.15) is 16.8 Å². The van der Waals surface area contributed by atoms with Crippen molar-refractivity contribution in [3.63, 3.8) is 0 Å². The van der Waals surface area contributed by atoms with Gasteiger partial charge >= 0.3 is 0 Å². The number of rotatable bonds is 7. The van der Waals surface area contributed by atoms with Crippen molar-refractivity contribution in [3.8, 4) is 0 Å². The molecule has 0 atom stereocenters. The predicted octanol–water partition coefficient (Wildman–Crippen LogP) is 1.33. The molecule has 1 rings (SSSR count). The van der Waals surface area contributed by atoms with Crippen LogP contribution in [0, 0.1) is 0 Å². The van der Waals surface area contributed by atoms with E-state index in [1.807, 2.05) is 6.07 Å². The molecule has 0 aliphatic rings. The van der Waals surface area contributed by atoms with E-state index in [9.17, 15) is 9.59 Å². The van der Waals surface area contributed by atoms with Gasteiger partial charge in [0.25, 0.3) is 5.91 Å². The zero-order valence-corrected chi connectivity index (χ0v) is 12.3. The summed E-state index contributed by atoms with van der Waals surface area (Å²) in [5.41, 5.74) is 0.558. The van der Waals surface area contributed by atoms with Crippen LogP contribution in [0.15, 0.2) is 28.7 Å². The van der Waals surface area contributed by atoms with E-state index in [0.29, 0.717) is 25.3 Å². The summed E-state index contributed by atoms with van der Waals surface area (Å²) in [5.74, 6) is -0.304. The number of amides is 2. The van der Waals surface area contributed by atoms with Gasteiger partial charge < -0.3 is 15.4 Å². The van der Waals surface area contributed by atoms with Crippen molar-refractivity contribution in [1.82, 2.24) is 10.6 Å². The number of ether oxygens (including phenoxy) is 1. The number of carbonyl (C=O) groups is 2. The third-order valence-electron chi connectivity index (χ3n) is 2.38. The summed E-state index contributed by atoms with van der Waals surface area (Å²) in [5, 5.41) is 5.38. The van der Waals surface area contributed by atoms with Gasteiger partial charge in [0.1, 0.15) is 0 Å². The standard InChI is InChI=1S/C13H17BrN2O3/c1-19-9-8-15-12(17)6-7-16-13(18)10-4-2-3-5-11(10)14/h2-5H,6-9H2,1H3,(H,15,17)(H,16,18). The molecule has 0 aliphatic carbocycles. The summed E-state index contributed by atoms with van der Waals surface area (Å²) >= 11 is 3.31. The first-order valence-corrected chi connectivity index (χ1v) is 6.73. The largest absolute Gasteiger partial charge is 0.383 e. The van der Waals surface area contributed by atoms with Crippen LogP contribution in [0.3, 0.4) is 0 Å². The van der Waals surface area contributed by atoms with Gasteiger partial charge in [-0.05, 0) is 28.1 Å². The molecule has 0 aromatic heterocycles. The topological polar surface area (TPSA) is 67.4 Å². The van der Waals surface area contributed by atoms with Crippen LogP contribution >= 0.6 is 15.9 Å². The van der Waals surface area contributed by atoms with E-state index >= 15 is 0 Å². The average molecular weight is 329 g/mol. The van der Waals surface area contributed by atoms with Crippen molar-refractivity contribution in [3.05, 3.63) is 34.3 Å². The monoisotopic (exact) mass is 328 g/mol. The molecule has 19 heavy (non-hydrogen) atoms. The van der Waals surface area contributed by atoms with Crippen molar-refractivity contribution in [2.24, 2.45) is 0 Å². The van der Waals surface area contributed by atoms with Gasteiger partial charge in [0.15, 0.2) is 0 Å². The molecular weight excluding hydrogens is 312 g/mol. The van der Waals surface area contributed by atoms with E-state index in [-0.39, 0.29) is 18.2 Å². The molecule has 1 aromatic rings. The highest BCUT2D eigenvalue weighted by molar-refractivity contribution is 9.10. The van der Waals surface area contributed by atoms with E-state index in [2.05, 4.69) is 26.6 Å². The minimum absolute atomic E-state index is 0.107. The molecule has 0 saturated heterocycles. The zero-order valence-electron chi connectivity index (χ0n) is 10.7. The van der Waals surface area contributed by atoms with Gasteiger partial charge in [-0.25, -0.2) is 0 Å². The number of hydrogen-bond donors (Lipinski definition) is 2. The van der Waals surface area contributed by atoms with Crippen molar-refractivity contribution >= 4 is 27.7 Å². The number of hydrogen-bond acceptors (Lipinski definition) is 3. The molecule has 0 heterocycles. The van der Waals surface area contributed by atoms with Crippen molar-refractivity contribution < 1.29 is 14.3 Å². The minimum Gasteiger partial charge on any atom is -0.383 e. The Balaban J connectivity index is 2.28. The molecule has 0 unspecified atom stereocenters. The van der Waals surface area contributed by atoms with Crippen LogP contribution < -0.4 is 10.6 Å². The Morgan fingerprint density at radius 3 is 2.63 bits per heavy atom. The summed E-state index contributed by atoms with van der Waals surface area (Å²) in [6.07, 6.45) is 0.250. The van der Waals surface area contributed by atoms with E-state index in [0.717, 1.165) is 4.47 Å². The van der Waals surface area contributed by atoms with Crippen LogP contribution in [0.5, 0.6) is 0 Å². The maximum Gasteiger partial charge on any atom is 0.252 e. The van der Waals surface area contributed by atoms with Gasteiger partial charge in [-0.15, -0.1) is 0 Å². The van der Waals surface area contributed by atoms with Gasteiger partial charge in [-0.2, -0.15) is 0 Å². The molecule has 0 fully saturated rings. The Labute approximate surface area is 120 Å². The molecule has 2 amide bonds. The summed E-state index contributed by atoms with van der Waals surface area (Å²) in [4.78, 5) is 23.2. The molecule has 104 valence electrons. The first-order valence-electron chi connectivity index (χ1n) is 5.93. The van der Waals surface area contributed by atoms with Gasteiger partial charge in [0, 0.05) is 31.1 Å². The normalized spacial score (nSPS) is 10.0. The second-order valence-electron chi connectivity index (χ2n) is 3.83. The lowest BCUT2D eigenvalue weighted by Crippen LogP contribution is -2.32. The van der Waals surface area contributed by atoms with E-state index in [1.54, 1.807) is 25.3 Å². The predicted molar refractivity (Wildman–Crippen MR) is 76.0 cm³/mol. The Hall–Kier alpha value is -1.40. The second kappa shape index (κ2) is 8.66. The zero-order chi connectivity index (χ0) is 14.1.